The van der Waals surface area contributed by atoms with Gasteiger partial charge in [-0.05, 0) is 24.6 Å². The lowest BCUT2D eigenvalue weighted by molar-refractivity contribution is 0.237. The van der Waals surface area contributed by atoms with Gasteiger partial charge in [0.1, 0.15) is 6.61 Å². The van der Waals surface area contributed by atoms with Crippen LogP contribution in [0.2, 0.25) is 0 Å². The number of hydrogen-bond donors (Lipinski definition) is 1. The first-order valence-electron chi connectivity index (χ1n) is 6.30. The van der Waals surface area contributed by atoms with Gasteiger partial charge in [0, 0.05) is 31.5 Å². The zero-order valence-corrected chi connectivity index (χ0v) is 10.4. The SMILES string of the molecule is Fc1cccnc1OC[C@@H]1CCn2nccc2CN1. The van der Waals surface area contributed by atoms with Gasteiger partial charge in [0.25, 0.3) is 0 Å². The molecule has 2 aromatic rings. The Bertz CT molecular complexity index is 535. The van der Waals surface area contributed by atoms with Crippen molar-refractivity contribution in [2.75, 3.05) is 6.61 Å². The van der Waals surface area contributed by atoms with Crippen molar-refractivity contribution in [2.45, 2.75) is 25.6 Å². The fraction of sp³-hybridized carbons (Fsp3) is 0.385. The van der Waals surface area contributed by atoms with Gasteiger partial charge < -0.3 is 10.1 Å². The minimum absolute atomic E-state index is 0.0614. The van der Waals surface area contributed by atoms with E-state index in [-0.39, 0.29) is 11.9 Å². The highest BCUT2D eigenvalue weighted by atomic mass is 19.1. The minimum atomic E-state index is -0.427. The van der Waals surface area contributed by atoms with Crippen molar-refractivity contribution in [1.82, 2.24) is 20.1 Å². The molecule has 0 radical (unpaired) electrons. The first kappa shape index (κ1) is 12.1. The average molecular weight is 262 g/mol. The number of nitrogens with one attached hydrogen (secondary N) is 1. The molecule has 1 atom stereocenters. The third kappa shape index (κ3) is 2.73. The van der Waals surface area contributed by atoms with E-state index in [1.54, 1.807) is 12.3 Å². The van der Waals surface area contributed by atoms with Gasteiger partial charge in [-0.1, -0.05) is 0 Å². The molecule has 2 aromatic heterocycles. The van der Waals surface area contributed by atoms with Crippen molar-refractivity contribution in [3.05, 3.63) is 42.1 Å². The summed E-state index contributed by atoms with van der Waals surface area (Å²) in [6.45, 7) is 1.99. The highest BCUT2D eigenvalue weighted by Gasteiger charge is 2.16. The second-order valence-corrected chi connectivity index (χ2v) is 4.51. The Morgan fingerprint density at radius 3 is 3.26 bits per heavy atom. The van der Waals surface area contributed by atoms with Crippen LogP contribution in [0.1, 0.15) is 12.1 Å². The van der Waals surface area contributed by atoms with Crippen LogP contribution in [0.25, 0.3) is 0 Å². The van der Waals surface area contributed by atoms with Crippen molar-refractivity contribution >= 4 is 0 Å². The summed E-state index contributed by atoms with van der Waals surface area (Å²) in [5, 5.41) is 7.62. The summed E-state index contributed by atoms with van der Waals surface area (Å²) in [6, 6.07) is 5.06. The molecule has 3 heterocycles. The van der Waals surface area contributed by atoms with Gasteiger partial charge >= 0.3 is 0 Å². The minimum Gasteiger partial charge on any atom is -0.474 e. The molecular formula is C13H15FN4O. The van der Waals surface area contributed by atoms with Crippen molar-refractivity contribution in [1.29, 1.82) is 0 Å². The normalized spacial score (nSPS) is 18.7. The van der Waals surface area contributed by atoms with Gasteiger partial charge in [0.05, 0.1) is 5.69 Å². The summed E-state index contributed by atoms with van der Waals surface area (Å²) in [5.41, 5.74) is 1.16. The van der Waals surface area contributed by atoms with E-state index in [9.17, 15) is 4.39 Å². The molecule has 0 unspecified atom stereocenters. The van der Waals surface area contributed by atoms with Crippen molar-refractivity contribution in [3.8, 4) is 5.88 Å². The molecule has 5 nitrogen and oxygen atoms in total. The fourth-order valence-electron chi connectivity index (χ4n) is 2.14. The lowest BCUT2D eigenvalue weighted by Gasteiger charge is -2.15. The average Bonchev–Trinajstić information content (AvgIpc) is 2.79. The van der Waals surface area contributed by atoms with Crippen LogP contribution in [0.5, 0.6) is 5.88 Å². The zero-order valence-electron chi connectivity index (χ0n) is 10.4. The number of nitrogens with zero attached hydrogens (tertiary/aromatic N) is 3. The van der Waals surface area contributed by atoms with E-state index >= 15 is 0 Å². The molecule has 0 aliphatic carbocycles. The van der Waals surface area contributed by atoms with Crippen LogP contribution < -0.4 is 10.1 Å². The maximum Gasteiger partial charge on any atom is 0.250 e. The monoisotopic (exact) mass is 262 g/mol. The van der Waals surface area contributed by atoms with Crippen LogP contribution in [0.3, 0.4) is 0 Å². The number of halogens is 1. The van der Waals surface area contributed by atoms with Crippen LogP contribution in [-0.2, 0) is 13.1 Å². The van der Waals surface area contributed by atoms with E-state index in [0.29, 0.717) is 6.61 Å². The molecule has 1 aliphatic rings. The van der Waals surface area contributed by atoms with Gasteiger partial charge in [0.2, 0.25) is 5.88 Å². The first-order valence-corrected chi connectivity index (χ1v) is 6.30. The summed E-state index contributed by atoms with van der Waals surface area (Å²) in [7, 11) is 0. The van der Waals surface area contributed by atoms with Crippen molar-refractivity contribution in [3.63, 3.8) is 0 Å². The predicted molar refractivity (Wildman–Crippen MR) is 67.2 cm³/mol. The Balaban J connectivity index is 1.57. The van der Waals surface area contributed by atoms with Gasteiger partial charge in [-0.25, -0.2) is 9.37 Å². The number of pyridine rings is 1. The molecule has 3 rings (SSSR count). The van der Waals surface area contributed by atoms with E-state index in [4.69, 9.17) is 4.74 Å². The molecular weight excluding hydrogens is 247 g/mol. The Morgan fingerprint density at radius 2 is 2.37 bits per heavy atom. The number of rotatable bonds is 3. The second-order valence-electron chi connectivity index (χ2n) is 4.51. The second kappa shape index (κ2) is 5.36. The highest BCUT2D eigenvalue weighted by Crippen LogP contribution is 2.13. The summed E-state index contributed by atoms with van der Waals surface area (Å²) in [6.07, 6.45) is 4.22. The third-order valence-corrected chi connectivity index (χ3v) is 3.21. The largest absolute Gasteiger partial charge is 0.474 e. The van der Waals surface area contributed by atoms with Gasteiger partial charge in [-0.15, -0.1) is 0 Å². The lowest BCUT2D eigenvalue weighted by atomic mass is 10.2. The van der Waals surface area contributed by atoms with Crippen molar-refractivity contribution < 1.29 is 9.13 Å². The predicted octanol–water partition coefficient (Wildman–Crippen LogP) is 1.36. The summed E-state index contributed by atoms with van der Waals surface area (Å²) in [5.74, 6) is -0.365. The molecule has 0 bridgehead atoms. The number of ether oxygens (including phenoxy) is 1. The van der Waals surface area contributed by atoms with E-state index in [1.165, 1.54) is 12.3 Å². The quantitative estimate of drug-likeness (QED) is 0.907. The number of fused-ring (bicyclic) bond motifs is 1. The first-order chi connectivity index (χ1) is 9.33. The third-order valence-electron chi connectivity index (χ3n) is 3.21. The van der Waals surface area contributed by atoms with Crippen molar-refractivity contribution in [2.24, 2.45) is 0 Å². The van der Waals surface area contributed by atoms with E-state index in [0.717, 1.165) is 25.2 Å². The smallest absolute Gasteiger partial charge is 0.250 e. The molecule has 0 aromatic carbocycles. The highest BCUT2D eigenvalue weighted by molar-refractivity contribution is 5.12. The molecule has 0 saturated heterocycles. The van der Waals surface area contributed by atoms with Crippen LogP contribution in [0, 0.1) is 5.82 Å². The summed E-state index contributed by atoms with van der Waals surface area (Å²) in [4.78, 5) is 3.87. The Kier molecular flexibility index (Phi) is 3.41. The van der Waals surface area contributed by atoms with Crippen LogP contribution in [0.15, 0.2) is 30.6 Å². The number of hydrogen-bond acceptors (Lipinski definition) is 4. The van der Waals surface area contributed by atoms with E-state index < -0.39 is 5.82 Å². The Morgan fingerprint density at radius 1 is 1.42 bits per heavy atom. The summed E-state index contributed by atoms with van der Waals surface area (Å²) < 4.78 is 20.8. The standard InChI is InChI=1S/C13H15FN4O/c14-12-2-1-5-15-13(12)19-9-10-4-7-18-11(8-16-10)3-6-17-18/h1-3,5-6,10,16H,4,7-9H2/t10-/m0/s1. The lowest BCUT2D eigenvalue weighted by Crippen LogP contribution is -2.33. The Hall–Kier alpha value is -1.95. The van der Waals surface area contributed by atoms with Crippen LogP contribution in [0.4, 0.5) is 4.39 Å². The van der Waals surface area contributed by atoms with Gasteiger partial charge in [-0.2, -0.15) is 5.10 Å². The molecule has 1 aliphatic heterocycles. The topological polar surface area (TPSA) is 52.0 Å². The molecule has 0 fully saturated rings. The van der Waals surface area contributed by atoms with E-state index in [2.05, 4.69) is 15.4 Å². The maximum atomic E-state index is 13.4. The molecule has 19 heavy (non-hydrogen) atoms. The maximum absolute atomic E-state index is 13.4. The van der Waals surface area contributed by atoms with Crippen LogP contribution in [-0.4, -0.2) is 27.4 Å². The molecule has 0 amide bonds. The zero-order chi connectivity index (χ0) is 13.1. The molecule has 6 heteroatoms. The molecule has 1 N–H and O–H groups in total. The van der Waals surface area contributed by atoms with E-state index in [1.807, 2.05) is 10.7 Å². The Labute approximate surface area is 110 Å². The number of aromatic nitrogens is 3. The number of aryl methyl sites for hydroxylation is 1. The molecule has 100 valence electrons. The molecule has 0 spiro atoms. The summed E-state index contributed by atoms with van der Waals surface area (Å²) >= 11 is 0. The van der Waals surface area contributed by atoms with Crippen LogP contribution >= 0.6 is 0 Å². The molecule has 0 saturated carbocycles. The van der Waals surface area contributed by atoms with Gasteiger partial charge in [0.15, 0.2) is 5.82 Å². The van der Waals surface area contributed by atoms with Gasteiger partial charge in [-0.3, -0.25) is 4.68 Å². The fourth-order valence-corrected chi connectivity index (χ4v) is 2.14.